The first-order valence-corrected chi connectivity index (χ1v) is 25.8. The third kappa shape index (κ3) is 10.1. The topological polar surface area (TPSA) is 179 Å². The molecule has 2 atom stereocenters. The van der Waals surface area contributed by atoms with Gasteiger partial charge in [0, 0.05) is 45.1 Å². The van der Waals surface area contributed by atoms with Gasteiger partial charge < -0.3 is 19.6 Å². The van der Waals surface area contributed by atoms with Crippen molar-refractivity contribution >= 4 is 92.1 Å². The Balaban J connectivity index is 1.12. The summed E-state index contributed by atoms with van der Waals surface area (Å²) >= 11 is 8.65. The van der Waals surface area contributed by atoms with Crippen molar-refractivity contribution in [1.29, 1.82) is 0 Å². The largest absolute Gasteiger partial charge is 0.448 e. The van der Waals surface area contributed by atoms with Gasteiger partial charge in [0.15, 0.2) is 16.9 Å². The third-order valence-corrected chi connectivity index (χ3v) is 15.0. The molecular formula is C53H46N8O7S4. The first kappa shape index (κ1) is 49.5. The van der Waals surface area contributed by atoms with Crippen molar-refractivity contribution in [3.8, 4) is 0 Å². The van der Waals surface area contributed by atoms with E-state index in [0.717, 1.165) is 23.1 Å². The van der Waals surface area contributed by atoms with E-state index in [9.17, 15) is 9.59 Å². The first-order chi connectivity index (χ1) is 34.8. The summed E-state index contributed by atoms with van der Waals surface area (Å²) in [6.07, 6.45) is 0.0522. The average molecular weight is 1040 g/mol. The fourth-order valence-electron chi connectivity index (χ4n) is 8.33. The molecule has 3 amide bonds. The van der Waals surface area contributed by atoms with Gasteiger partial charge in [0.25, 0.3) is 11.8 Å². The molecule has 4 heterocycles. The molecule has 0 bridgehead atoms. The van der Waals surface area contributed by atoms with Crippen molar-refractivity contribution in [3.05, 3.63) is 208 Å². The zero-order chi connectivity index (χ0) is 50.5. The van der Waals surface area contributed by atoms with Crippen LogP contribution in [-0.2, 0) is 41.3 Å². The number of ether oxygens (including phenoxy) is 2. The number of fused-ring (bicyclic) bond motifs is 1. The number of rotatable bonds is 16. The van der Waals surface area contributed by atoms with Gasteiger partial charge in [0.1, 0.15) is 28.1 Å². The lowest BCUT2D eigenvalue weighted by Crippen LogP contribution is -2.78. The Morgan fingerprint density at radius 2 is 1.39 bits per heavy atom. The fourth-order valence-corrected chi connectivity index (χ4v) is 11.9. The maximum atomic E-state index is 15.3. The molecule has 2 aliphatic rings. The molecule has 364 valence electrons. The van der Waals surface area contributed by atoms with Crippen LogP contribution in [-0.4, -0.2) is 80.8 Å². The standard InChI is InChI=1S/C53H46N8O7S4/c1-51(2,3)67-50(65)55-49-54-41(32-71-49)42(58-68-52(36-24-14-7-15-25-36,37-26-16-8-17-27-37)38-28-18-9-19-29-38)45(62)56-53(72-33-69)47(64)61-43(39(31-70-48(53)61)40-30-60(4)59-57-40)46(63)66-44(34-20-10-5-11-21-34)35-22-12-6-13-23-35/h5-30,32-33,44,48H,31H2,1-4H3,(H,56,62)(H,54,55,65)/b58-42-/t48-,53-/m0/s1. The molecule has 1 saturated heterocycles. The first-order valence-electron chi connectivity index (χ1n) is 22.5. The van der Waals surface area contributed by atoms with Crippen LogP contribution in [0, 0.1) is 0 Å². The van der Waals surface area contributed by atoms with Crippen LogP contribution in [0.1, 0.15) is 66.1 Å². The van der Waals surface area contributed by atoms with Crippen molar-refractivity contribution < 1.29 is 33.5 Å². The van der Waals surface area contributed by atoms with Crippen molar-refractivity contribution in [2.75, 3.05) is 11.1 Å². The number of hydrogen-bond acceptors (Lipinski definition) is 15. The van der Waals surface area contributed by atoms with Gasteiger partial charge in [-0.3, -0.25) is 24.5 Å². The molecule has 0 spiro atoms. The number of oxime groups is 1. The lowest BCUT2D eigenvalue weighted by atomic mass is 9.80. The second-order valence-corrected chi connectivity index (χ2v) is 21.0. The molecule has 9 rings (SSSR count). The van der Waals surface area contributed by atoms with Crippen molar-refractivity contribution in [3.63, 3.8) is 0 Å². The van der Waals surface area contributed by atoms with Crippen LogP contribution < -0.4 is 10.6 Å². The van der Waals surface area contributed by atoms with E-state index in [1.807, 2.05) is 152 Å². The summed E-state index contributed by atoms with van der Waals surface area (Å²) in [4.78, 5) is 69.4. The maximum absolute atomic E-state index is 15.3. The second-order valence-electron chi connectivity index (χ2n) is 17.4. The van der Waals surface area contributed by atoms with Gasteiger partial charge in [-0.15, -0.1) is 28.2 Å². The molecule has 7 aromatic rings. The number of anilines is 1. The molecular weight excluding hydrogens is 989 g/mol. The van der Waals surface area contributed by atoms with Gasteiger partial charge in [-0.05, 0) is 31.9 Å². The smallest absolute Gasteiger partial charge is 0.413 e. The Labute approximate surface area is 433 Å². The summed E-state index contributed by atoms with van der Waals surface area (Å²) in [5.74, 6) is -2.16. The highest BCUT2D eigenvalue weighted by molar-refractivity contribution is 8.22. The molecule has 0 saturated carbocycles. The number of nitrogens with one attached hydrogen (secondary N) is 2. The Hall–Kier alpha value is -7.45. The normalized spacial score (nSPS) is 16.8. The molecule has 19 heteroatoms. The minimum absolute atomic E-state index is 0.0102. The van der Waals surface area contributed by atoms with Crippen LogP contribution in [0.15, 0.2) is 174 Å². The van der Waals surface area contributed by atoms with Crippen LogP contribution in [0.4, 0.5) is 9.93 Å². The van der Waals surface area contributed by atoms with Crippen molar-refractivity contribution in [2.24, 2.45) is 12.2 Å². The van der Waals surface area contributed by atoms with Crippen LogP contribution in [0.5, 0.6) is 0 Å². The third-order valence-electron chi connectivity index (χ3n) is 11.5. The van der Waals surface area contributed by atoms with E-state index in [1.165, 1.54) is 31.4 Å². The molecule has 1 fully saturated rings. The van der Waals surface area contributed by atoms with Gasteiger partial charge >= 0.3 is 12.1 Å². The predicted octanol–water partition coefficient (Wildman–Crippen LogP) is 9.49. The molecule has 2 aromatic heterocycles. The summed E-state index contributed by atoms with van der Waals surface area (Å²) < 4.78 is 14.7. The number of β-lactam (4-membered cyclic amide) rings is 1. The summed E-state index contributed by atoms with van der Waals surface area (Å²) in [6, 6.07) is 47.0. The highest BCUT2D eigenvalue weighted by atomic mass is 32.2. The molecule has 0 unspecified atom stereocenters. The van der Waals surface area contributed by atoms with Crippen molar-refractivity contribution in [2.45, 2.75) is 48.3 Å². The van der Waals surface area contributed by atoms with E-state index in [-0.39, 0.29) is 28.0 Å². The Bertz CT molecular complexity index is 3030. The monoisotopic (exact) mass is 1030 g/mol. The van der Waals surface area contributed by atoms with E-state index >= 15 is 9.59 Å². The number of benzene rings is 5. The predicted molar refractivity (Wildman–Crippen MR) is 283 cm³/mol. The van der Waals surface area contributed by atoms with Crippen LogP contribution >= 0.6 is 47.1 Å². The maximum Gasteiger partial charge on any atom is 0.413 e. The lowest BCUT2D eigenvalue weighted by Gasteiger charge is -2.56. The Morgan fingerprint density at radius 3 is 1.89 bits per heavy atom. The van der Waals surface area contributed by atoms with E-state index in [1.54, 1.807) is 34.0 Å². The minimum atomic E-state index is -1.79. The number of thiazole rings is 1. The molecule has 72 heavy (non-hydrogen) atoms. The Morgan fingerprint density at radius 1 is 0.847 bits per heavy atom. The van der Waals surface area contributed by atoms with Gasteiger partial charge in [-0.1, -0.05) is 186 Å². The number of carbonyl (C=O) groups is 4. The number of esters is 1. The van der Waals surface area contributed by atoms with Crippen LogP contribution in [0.2, 0.25) is 0 Å². The quantitative estimate of drug-likeness (QED) is 0.0178. The van der Waals surface area contributed by atoms with Crippen molar-refractivity contribution in [1.82, 2.24) is 30.2 Å². The highest BCUT2D eigenvalue weighted by Gasteiger charge is 2.66. The molecule has 0 aliphatic carbocycles. The average Bonchev–Trinajstić information content (AvgIpc) is 4.05. The summed E-state index contributed by atoms with van der Waals surface area (Å²) in [5, 5.41) is 19.5. The van der Waals surface area contributed by atoms with E-state index in [4.69, 9.17) is 31.7 Å². The van der Waals surface area contributed by atoms with Crippen LogP contribution in [0.25, 0.3) is 5.57 Å². The van der Waals surface area contributed by atoms with E-state index in [0.29, 0.717) is 39.1 Å². The van der Waals surface area contributed by atoms with Gasteiger partial charge in [-0.25, -0.2) is 14.6 Å². The van der Waals surface area contributed by atoms with Crippen LogP contribution in [0.3, 0.4) is 0 Å². The molecule has 15 nitrogen and oxygen atoms in total. The number of nitrogens with zero attached hydrogens (tertiary/aromatic N) is 6. The molecule has 2 aliphatic heterocycles. The minimum Gasteiger partial charge on any atom is -0.448 e. The summed E-state index contributed by atoms with van der Waals surface area (Å²) in [5.41, 5.74) is 1.68. The summed E-state index contributed by atoms with van der Waals surface area (Å²) in [6.45, 7) is 5.20. The number of aromatic nitrogens is 4. The fraction of sp³-hybridized carbons (Fsp3) is 0.189. The lowest BCUT2D eigenvalue weighted by molar-refractivity contribution is -0.155. The zero-order valence-electron chi connectivity index (χ0n) is 39.2. The molecule has 5 aromatic carbocycles. The summed E-state index contributed by atoms with van der Waals surface area (Å²) in [7, 11) is 1.70. The van der Waals surface area contributed by atoms with E-state index in [2.05, 4.69) is 25.9 Å². The molecule has 0 radical (unpaired) electrons. The zero-order valence-corrected chi connectivity index (χ0v) is 42.5. The number of aryl methyl sites for hydroxylation is 1. The number of thioether (sulfide) groups is 2. The number of amides is 3. The molecule has 2 N–H and O–H groups in total. The number of thiocarbonyl (C=S) groups is 1. The Kier molecular flexibility index (Phi) is 14.5. The van der Waals surface area contributed by atoms with Gasteiger partial charge in [0.2, 0.25) is 10.5 Å². The second kappa shape index (κ2) is 21.1. The highest BCUT2D eigenvalue weighted by Crippen LogP contribution is 2.53. The van der Waals surface area contributed by atoms with Gasteiger partial charge in [0.05, 0.1) is 6.20 Å². The van der Waals surface area contributed by atoms with E-state index < -0.39 is 51.4 Å². The number of carbonyl (C=O) groups excluding carboxylic acids is 4. The SMILES string of the molecule is Cn1cc(C2=C(C(=O)OC(c3ccccc3)c3ccccc3)N3C(=O)[C@](NC(=O)/C(=N\OC(c4ccccc4)(c4ccccc4)c4ccccc4)c4csc(NC(=O)OC(C)(C)C)n4)(SC=S)[C@@H]3SC2)nn1. The number of hydrogen-bond donors (Lipinski definition) is 2. The van der Waals surface area contributed by atoms with Gasteiger partial charge in [-0.2, -0.15) is 0 Å².